The fourth-order valence-corrected chi connectivity index (χ4v) is 2.78. The topological polar surface area (TPSA) is 38.7 Å². The highest BCUT2D eigenvalue weighted by Gasteiger charge is 2.80. The third-order valence-corrected chi connectivity index (χ3v) is 4.24. The largest absolute Gasteiger partial charge is 0.374 e. The van der Waals surface area contributed by atoms with Crippen molar-refractivity contribution in [3.63, 3.8) is 0 Å². The van der Waals surface area contributed by atoms with Crippen molar-refractivity contribution in [3.8, 4) is 0 Å². The Bertz CT molecular complexity index is 814. The zero-order chi connectivity index (χ0) is 19.9. The smallest absolute Gasteiger partial charge is 0.369 e. The quantitative estimate of drug-likeness (QED) is 0.782. The van der Waals surface area contributed by atoms with Gasteiger partial charge in [0, 0.05) is 6.07 Å². The first-order valence-corrected chi connectivity index (χ1v) is 7.82. The van der Waals surface area contributed by atoms with Gasteiger partial charge in [-0.2, -0.15) is 17.6 Å². The summed E-state index contributed by atoms with van der Waals surface area (Å²) in [7, 11) is 0. The van der Waals surface area contributed by atoms with Gasteiger partial charge in [-0.3, -0.25) is 0 Å². The SMILES string of the molecule is O[C@@]1(c2ccc(F)cc2F)O[C@H](COCc2ccccc2)C(F)(F)C1(F)F. The maximum absolute atomic E-state index is 14.3. The second-order valence-electron chi connectivity index (χ2n) is 6.07. The Kier molecular flexibility index (Phi) is 4.96. The van der Waals surface area contributed by atoms with Gasteiger partial charge in [0.25, 0.3) is 5.79 Å². The summed E-state index contributed by atoms with van der Waals surface area (Å²) in [5.41, 5.74) is -0.690. The van der Waals surface area contributed by atoms with Crippen molar-refractivity contribution in [2.45, 2.75) is 30.3 Å². The highest BCUT2D eigenvalue weighted by molar-refractivity contribution is 5.29. The molecule has 3 rings (SSSR count). The lowest BCUT2D eigenvalue weighted by Gasteiger charge is -2.29. The maximum atomic E-state index is 14.3. The van der Waals surface area contributed by atoms with Gasteiger partial charge < -0.3 is 14.6 Å². The fraction of sp³-hybridized carbons (Fsp3) is 0.333. The number of hydrogen-bond donors (Lipinski definition) is 1. The first-order chi connectivity index (χ1) is 12.6. The first-order valence-electron chi connectivity index (χ1n) is 7.82. The van der Waals surface area contributed by atoms with Crippen LogP contribution < -0.4 is 0 Å². The van der Waals surface area contributed by atoms with Crippen molar-refractivity contribution in [2.24, 2.45) is 0 Å². The lowest BCUT2D eigenvalue weighted by molar-refractivity contribution is -0.310. The molecule has 2 aromatic rings. The van der Waals surface area contributed by atoms with E-state index in [1.165, 1.54) is 0 Å². The number of benzene rings is 2. The molecule has 0 unspecified atom stereocenters. The second-order valence-corrected chi connectivity index (χ2v) is 6.07. The van der Waals surface area contributed by atoms with Crippen LogP contribution in [0, 0.1) is 11.6 Å². The van der Waals surface area contributed by atoms with Crippen molar-refractivity contribution in [1.82, 2.24) is 0 Å². The zero-order valence-electron chi connectivity index (χ0n) is 13.6. The van der Waals surface area contributed by atoms with E-state index in [0.29, 0.717) is 17.7 Å². The molecule has 146 valence electrons. The van der Waals surface area contributed by atoms with Crippen LogP contribution in [-0.4, -0.2) is 29.7 Å². The molecule has 1 saturated heterocycles. The minimum absolute atomic E-state index is 0.161. The highest BCUT2D eigenvalue weighted by atomic mass is 19.3. The number of aliphatic hydroxyl groups is 1. The molecule has 27 heavy (non-hydrogen) atoms. The van der Waals surface area contributed by atoms with Crippen molar-refractivity contribution in [1.29, 1.82) is 0 Å². The van der Waals surface area contributed by atoms with Gasteiger partial charge in [0.2, 0.25) is 0 Å². The average molecular weight is 392 g/mol. The summed E-state index contributed by atoms with van der Waals surface area (Å²) in [6.07, 6.45) is -2.55. The second kappa shape index (κ2) is 6.81. The lowest BCUT2D eigenvalue weighted by Crippen LogP contribution is -2.52. The molecule has 2 atom stereocenters. The predicted octanol–water partition coefficient (Wildman–Crippen LogP) is 4.00. The van der Waals surface area contributed by atoms with E-state index in [-0.39, 0.29) is 12.7 Å². The molecule has 0 bridgehead atoms. The van der Waals surface area contributed by atoms with E-state index in [9.17, 15) is 31.4 Å². The molecule has 2 aromatic carbocycles. The number of hydrogen-bond acceptors (Lipinski definition) is 3. The molecular weight excluding hydrogens is 378 g/mol. The Morgan fingerprint density at radius 1 is 1.00 bits per heavy atom. The van der Waals surface area contributed by atoms with Crippen LogP contribution in [0.1, 0.15) is 11.1 Å². The monoisotopic (exact) mass is 392 g/mol. The van der Waals surface area contributed by atoms with Gasteiger partial charge in [0.1, 0.15) is 11.6 Å². The van der Waals surface area contributed by atoms with Crippen LogP contribution in [0.5, 0.6) is 0 Å². The van der Waals surface area contributed by atoms with Crippen LogP contribution >= 0.6 is 0 Å². The van der Waals surface area contributed by atoms with E-state index < -0.39 is 47.5 Å². The van der Waals surface area contributed by atoms with E-state index >= 15 is 0 Å². The zero-order valence-corrected chi connectivity index (χ0v) is 13.6. The Balaban J connectivity index is 1.83. The third-order valence-electron chi connectivity index (χ3n) is 4.24. The molecular formula is C18H14F6O3. The van der Waals surface area contributed by atoms with Gasteiger partial charge in [-0.15, -0.1) is 0 Å². The lowest BCUT2D eigenvalue weighted by atomic mass is 9.95. The summed E-state index contributed by atoms with van der Waals surface area (Å²) in [5.74, 6) is -16.8. The molecule has 0 radical (unpaired) electrons. The minimum atomic E-state index is -5.18. The number of halogens is 6. The van der Waals surface area contributed by atoms with Crippen LogP contribution in [0.25, 0.3) is 0 Å². The van der Waals surface area contributed by atoms with Crippen LogP contribution in [0.15, 0.2) is 48.5 Å². The van der Waals surface area contributed by atoms with Crippen LogP contribution in [-0.2, 0) is 21.9 Å². The van der Waals surface area contributed by atoms with Crippen LogP contribution in [0.4, 0.5) is 26.3 Å². The Labute approximate surface area is 150 Å². The molecule has 1 aliphatic rings. The van der Waals surface area contributed by atoms with Gasteiger partial charge in [0.15, 0.2) is 6.10 Å². The molecule has 0 aromatic heterocycles. The average Bonchev–Trinajstić information content (AvgIpc) is 2.73. The van der Waals surface area contributed by atoms with Crippen molar-refractivity contribution < 1.29 is 40.9 Å². The van der Waals surface area contributed by atoms with Crippen molar-refractivity contribution >= 4 is 0 Å². The van der Waals surface area contributed by atoms with Gasteiger partial charge >= 0.3 is 11.8 Å². The fourth-order valence-electron chi connectivity index (χ4n) is 2.78. The summed E-state index contributed by atoms with van der Waals surface area (Å²) in [6.45, 7) is -1.14. The van der Waals surface area contributed by atoms with Crippen LogP contribution in [0.3, 0.4) is 0 Å². The Morgan fingerprint density at radius 3 is 2.30 bits per heavy atom. The summed E-state index contributed by atoms with van der Waals surface area (Å²) in [6, 6.07) is 9.49. The van der Waals surface area contributed by atoms with Gasteiger partial charge in [-0.1, -0.05) is 30.3 Å². The number of ether oxygens (including phenoxy) is 2. The van der Waals surface area contributed by atoms with E-state index in [4.69, 9.17) is 4.74 Å². The molecule has 0 spiro atoms. The van der Waals surface area contributed by atoms with E-state index in [1.807, 2.05) is 0 Å². The first kappa shape index (κ1) is 19.7. The van der Waals surface area contributed by atoms with Crippen molar-refractivity contribution in [2.75, 3.05) is 6.61 Å². The van der Waals surface area contributed by atoms with Crippen LogP contribution in [0.2, 0.25) is 0 Å². The van der Waals surface area contributed by atoms with E-state index in [1.54, 1.807) is 30.3 Å². The Hall–Kier alpha value is -2.10. The molecule has 0 amide bonds. The summed E-state index contributed by atoms with van der Waals surface area (Å²) < 4.78 is 93.3. The number of rotatable bonds is 5. The minimum Gasteiger partial charge on any atom is -0.374 e. The molecule has 1 aliphatic heterocycles. The molecule has 0 saturated carbocycles. The molecule has 3 nitrogen and oxygen atoms in total. The standard InChI is InChI=1S/C18H14F6O3/c19-12-6-7-13(14(20)8-12)17(25)18(23,24)16(21,22)15(27-17)10-26-9-11-4-2-1-3-5-11/h1-8,15,25H,9-10H2/t15-,17+/m1/s1. The van der Waals surface area contributed by atoms with Gasteiger partial charge in [0.05, 0.1) is 18.8 Å². The predicted molar refractivity (Wildman–Crippen MR) is 81.1 cm³/mol. The number of alkyl halides is 4. The maximum Gasteiger partial charge on any atom is 0.369 e. The molecule has 1 N–H and O–H groups in total. The van der Waals surface area contributed by atoms with Gasteiger partial charge in [-0.25, -0.2) is 8.78 Å². The third kappa shape index (κ3) is 3.19. The Morgan fingerprint density at radius 2 is 1.67 bits per heavy atom. The molecule has 1 fully saturated rings. The van der Waals surface area contributed by atoms with E-state index in [0.717, 1.165) is 0 Å². The molecule has 0 aliphatic carbocycles. The van der Waals surface area contributed by atoms with E-state index in [2.05, 4.69) is 4.74 Å². The molecule has 9 heteroatoms. The van der Waals surface area contributed by atoms with Crippen molar-refractivity contribution in [3.05, 3.63) is 71.3 Å². The van der Waals surface area contributed by atoms with Gasteiger partial charge in [-0.05, 0) is 17.7 Å². The summed E-state index contributed by atoms with van der Waals surface area (Å²) >= 11 is 0. The summed E-state index contributed by atoms with van der Waals surface area (Å²) in [4.78, 5) is 0. The molecule has 1 heterocycles. The normalized spacial score (nSPS) is 26.3. The summed E-state index contributed by atoms with van der Waals surface area (Å²) in [5, 5.41) is 10.1. The highest BCUT2D eigenvalue weighted by Crippen LogP contribution is 2.57.